The van der Waals surface area contributed by atoms with Gasteiger partial charge in [-0.3, -0.25) is 4.79 Å². The predicted molar refractivity (Wildman–Crippen MR) is 62.4 cm³/mol. The Kier molecular flexibility index (Phi) is 4.03. The van der Waals surface area contributed by atoms with Crippen molar-refractivity contribution in [3.05, 3.63) is 24.0 Å². The Hall–Kier alpha value is -1.49. The third-order valence-corrected chi connectivity index (χ3v) is 3.16. The summed E-state index contributed by atoms with van der Waals surface area (Å²) in [6.07, 6.45) is 6.96. The van der Waals surface area contributed by atoms with E-state index in [0.717, 1.165) is 12.8 Å². The number of amides is 1. The van der Waals surface area contributed by atoms with E-state index in [9.17, 15) is 4.79 Å². The number of hydrogen-bond acceptors (Lipinski definition) is 4. The molecule has 0 aliphatic heterocycles. The normalized spacial score (nSPS) is 15.4. The van der Waals surface area contributed by atoms with E-state index in [4.69, 9.17) is 5.11 Å². The van der Waals surface area contributed by atoms with Crippen molar-refractivity contribution in [2.24, 2.45) is 0 Å². The lowest BCUT2D eigenvalue weighted by atomic mass is 9.91. The molecule has 1 fully saturated rings. The summed E-state index contributed by atoms with van der Waals surface area (Å²) in [5.41, 5.74) is 0.574. The van der Waals surface area contributed by atoms with E-state index in [1.54, 1.807) is 6.07 Å². The molecule has 1 saturated carbocycles. The van der Waals surface area contributed by atoms with Crippen molar-refractivity contribution in [3.8, 4) is 0 Å². The quantitative estimate of drug-likeness (QED) is 0.821. The highest BCUT2D eigenvalue weighted by Crippen LogP contribution is 2.26. The highest BCUT2D eigenvalue weighted by Gasteiger charge is 2.28. The highest BCUT2D eigenvalue weighted by molar-refractivity contribution is 5.94. The Bertz CT molecular complexity index is 365. The Labute approximate surface area is 100 Å². The van der Waals surface area contributed by atoms with Crippen LogP contribution in [0.15, 0.2) is 18.5 Å². The summed E-state index contributed by atoms with van der Waals surface area (Å²) in [4.78, 5) is 14.1. The zero-order valence-electron chi connectivity index (χ0n) is 9.75. The number of nitrogens with zero attached hydrogens (tertiary/aromatic N) is 3. The molecular weight excluding hydrogens is 218 g/mol. The molecule has 1 amide bonds. The van der Waals surface area contributed by atoms with Crippen LogP contribution in [0.3, 0.4) is 0 Å². The molecule has 1 aliphatic rings. The molecule has 5 nitrogen and oxygen atoms in total. The van der Waals surface area contributed by atoms with Crippen LogP contribution in [0.25, 0.3) is 0 Å². The minimum absolute atomic E-state index is 0.00181. The Morgan fingerprint density at radius 2 is 2.29 bits per heavy atom. The second-order valence-electron chi connectivity index (χ2n) is 4.29. The van der Waals surface area contributed by atoms with Gasteiger partial charge in [-0.1, -0.05) is 0 Å². The summed E-state index contributed by atoms with van der Waals surface area (Å²) in [5.74, 6) is -0.00181. The Balaban J connectivity index is 2.06. The van der Waals surface area contributed by atoms with Crippen LogP contribution >= 0.6 is 0 Å². The van der Waals surface area contributed by atoms with Crippen LogP contribution < -0.4 is 0 Å². The molecule has 1 N–H and O–H groups in total. The first-order valence-electron chi connectivity index (χ1n) is 6.01. The fourth-order valence-electron chi connectivity index (χ4n) is 1.97. The lowest BCUT2D eigenvalue weighted by Gasteiger charge is -2.37. The monoisotopic (exact) mass is 235 g/mol. The van der Waals surface area contributed by atoms with Crippen LogP contribution in [0.2, 0.25) is 0 Å². The van der Waals surface area contributed by atoms with Crippen LogP contribution in [0.5, 0.6) is 0 Å². The summed E-state index contributed by atoms with van der Waals surface area (Å²) >= 11 is 0. The number of hydrogen-bond donors (Lipinski definition) is 1. The molecule has 0 bridgehead atoms. The standard InChI is InChI=1S/C12H17N3O2/c16-8-2-7-15(11-3-1-4-11)12(17)10-5-6-13-14-9-10/h5-6,9,11,16H,1-4,7-8H2. The first kappa shape index (κ1) is 12.0. The van der Waals surface area contributed by atoms with Gasteiger partial charge >= 0.3 is 0 Å². The van der Waals surface area contributed by atoms with Gasteiger partial charge in [0.1, 0.15) is 0 Å². The van der Waals surface area contributed by atoms with Crippen LogP contribution in [-0.2, 0) is 0 Å². The fourth-order valence-corrected chi connectivity index (χ4v) is 1.97. The van der Waals surface area contributed by atoms with Crippen molar-refractivity contribution in [3.63, 3.8) is 0 Å². The molecule has 5 heteroatoms. The van der Waals surface area contributed by atoms with Gasteiger partial charge in [-0.15, -0.1) is 0 Å². The first-order valence-corrected chi connectivity index (χ1v) is 6.01. The molecule has 1 heterocycles. The fraction of sp³-hybridized carbons (Fsp3) is 0.583. The molecule has 0 aromatic carbocycles. The summed E-state index contributed by atoms with van der Waals surface area (Å²) < 4.78 is 0. The van der Waals surface area contributed by atoms with Crippen molar-refractivity contribution in [2.45, 2.75) is 31.7 Å². The molecule has 1 aromatic heterocycles. The third kappa shape index (κ3) is 2.79. The summed E-state index contributed by atoms with van der Waals surface area (Å²) in [5, 5.41) is 16.3. The zero-order chi connectivity index (χ0) is 12.1. The zero-order valence-corrected chi connectivity index (χ0v) is 9.75. The van der Waals surface area contributed by atoms with Gasteiger partial charge in [0.05, 0.1) is 18.0 Å². The lowest BCUT2D eigenvalue weighted by molar-refractivity contribution is 0.0562. The maximum absolute atomic E-state index is 12.3. The van der Waals surface area contributed by atoms with Crippen molar-refractivity contribution in [2.75, 3.05) is 13.2 Å². The van der Waals surface area contributed by atoms with Gasteiger partial charge in [0.2, 0.25) is 0 Å². The van der Waals surface area contributed by atoms with E-state index in [-0.39, 0.29) is 12.5 Å². The molecule has 1 aromatic rings. The number of aromatic nitrogens is 2. The molecule has 0 spiro atoms. The SMILES string of the molecule is O=C(c1ccnnc1)N(CCCO)C1CCC1. The first-order chi connectivity index (χ1) is 8.33. The molecule has 17 heavy (non-hydrogen) atoms. The predicted octanol–water partition coefficient (Wildman–Crippen LogP) is 0.854. The molecule has 92 valence electrons. The maximum atomic E-state index is 12.3. The van der Waals surface area contributed by atoms with Crippen molar-refractivity contribution < 1.29 is 9.90 Å². The van der Waals surface area contributed by atoms with Gasteiger partial charge in [0.25, 0.3) is 5.91 Å². The van der Waals surface area contributed by atoms with Gasteiger partial charge in [0.15, 0.2) is 0 Å². The molecule has 0 saturated heterocycles. The molecule has 0 atom stereocenters. The Morgan fingerprint density at radius 3 is 2.82 bits per heavy atom. The minimum atomic E-state index is -0.00181. The van der Waals surface area contributed by atoms with Gasteiger partial charge in [0, 0.05) is 19.2 Å². The number of aliphatic hydroxyl groups is 1. The highest BCUT2D eigenvalue weighted by atomic mass is 16.3. The van der Waals surface area contributed by atoms with E-state index >= 15 is 0 Å². The molecule has 2 rings (SSSR count). The van der Waals surface area contributed by atoms with Crippen LogP contribution in [0.1, 0.15) is 36.0 Å². The smallest absolute Gasteiger partial charge is 0.255 e. The topological polar surface area (TPSA) is 66.3 Å². The van der Waals surface area contributed by atoms with E-state index in [2.05, 4.69) is 10.2 Å². The molecular formula is C12H17N3O2. The molecule has 0 radical (unpaired) electrons. The number of carbonyl (C=O) groups is 1. The second-order valence-corrected chi connectivity index (χ2v) is 4.29. The van der Waals surface area contributed by atoms with E-state index in [0.29, 0.717) is 24.6 Å². The van der Waals surface area contributed by atoms with Crippen molar-refractivity contribution in [1.82, 2.24) is 15.1 Å². The second kappa shape index (κ2) is 5.72. The van der Waals surface area contributed by atoms with Gasteiger partial charge in [-0.2, -0.15) is 10.2 Å². The third-order valence-electron chi connectivity index (χ3n) is 3.16. The maximum Gasteiger partial charge on any atom is 0.255 e. The van der Waals surface area contributed by atoms with E-state index < -0.39 is 0 Å². The average Bonchev–Trinajstić information content (AvgIpc) is 2.32. The van der Waals surface area contributed by atoms with Crippen molar-refractivity contribution >= 4 is 5.91 Å². The van der Waals surface area contributed by atoms with Crippen LogP contribution in [0.4, 0.5) is 0 Å². The van der Waals surface area contributed by atoms with Gasteiger partial charge in [-0.25, -0.2) is 0 Å². The summed E-state index contributed by atoms with van der Waals surface area (Å²) in [7, 11) is 0. The number of rotatable bonds is 5. The van der Waals surface area contributed by atoms with E-state index in [1.165, 1.54) is 18.8 Å². The lowest BCUT2D eigenvalue weighted by Crippen LogP contribution is -2.45. The minimum Gasteiger partial charge on any atom is -0.396 e. The molecule has 1 aliphatic carbocycles. The number of carbonyl (C=O) groups excluding carboxylic acids is 1. The van der Waals surface area contributed by atoms with Gasteiger partial charge in [-0.05, 0) is 31.7 Å². The largest absolute Gasteiger partial charge is 0.396 e. The van der Waals surface area contributed by atoms with Crippen molar-refractivity contribution in [1.29, 1.82) is 0 Å². The number of aliphatic hydroxyl groups excluding tert-OH is 1. The summed E-state index contributed by atoms with van der Waals surface area (Å²) in [6, 6.07) is 2.02. The Morgan fingerprint density at radius 1 is 1.47 bits per heavy atom. The average molecular weight is 235 g/mol. The van der Waals surface area contributed by atoms with E-state index in [1.807, 2.05) is 4.90 Å². The van der Waals surface area contributed by atoms with Crippen LogP contribution in [-0.4, -0.2) is 45.3 Å². The summed E-state index contributed by atoms with van der Waals surface area (Å²) in [6.45, 7) is 0.730. The van der Waals surface area contributed by atoms with Gasteiger partial charge < -0.3 is 10.0 Å². The van der Waals surface area contributed by atoms with Crippen LogP contribution in [0, 0.1) is 0 Å². The molecule has 0 unspecified atom stereocenters.